The van der Waals surface area contributed by atoms with Gasteiger partial charge in [0.1, 0.15) is 5.75 Å². The van der Waals surface area contributed by atoms with Gasteiger partial charge < -0.3 is 4.74 Å². The highest BCUT2D eigenvalue weighted by Gasteiger charge is 2.07. The molecule has 0 saturated carbocycles. The lowest BCUT2D eigenvalue weighted by Gasteiger charge is -2.09. The first-order chi connectivity index (χ1) is 12.5. The summed E-state index contributed by atoms with van der Waals surface area (Å²) in [5, 5.41) is 0.736. The van der Waals surface area contributed by atoms with E-state index in [1.165, 1.54) is 16.7 Å². The lowest BCUT2D eigenvalue weighted by Crippen LogP contribution is -1.96. The number of benzene rings is 2. The first kappa shape index (κ1) is 18.5. The van der Waals surface area contributed by atoms with Crippen molar-refractivity contribution in [2.24, 2.45) is 0 Å². The minimum atomic E-state index is 0.509. The molecule has 0 unspecified atom stereocenters. The maximum atomic E-state index is 5.94. The average Bonchev–Trinajstić information content (AvgIpc) is 2.60. The minimum Gasteiger partial charge on any atom is -0.439 e. The van der Waals surface area contributed by atoms with Crippen molar-refractivity contribution in [1.82, 2.24) is 9.97 Å². The van der Waals surface area contributed by atoms with Gasteiger partial charge >= 0.3 is 0 Å². The van der Waals surface area contributed by atoms with Crippen LogP contribution in [0.25, 0.3) is 0 Å². The van der Waals surface area contributed by atoms with Gasteiger partial charge in [-0.25, -0.2) is 4.98 Å². The van der Waals surface area contributed by atoms with E-state index in [0.717, 1.165) is 22.4 Å². The number of hydrogen-bond acceptors (Lipinski definition) is 4. The Morgan fingerprint density at radius 2 is 1.73 bits per heavy atom. The molecule has 0 fully saturated rings. The molecule has 0 N–H and O–H groups in total. The van der Waals surface area contributed by atoms with Crippen molar-refractivity contribution in [3.05, 3.63) is 77.0 Å². The SMILES string of the molecule is Cc1cccc(CSc2nc(C)cc(Oc3ccc(C(C)C)cc3)n2)c1. The topological polar surface area (TPSA) is 35.0 Å². The van der Waals surface area contributed by atoms with Crippen molar-refractivity contribution in [3.8, 4) is 11.6 Å². The molecule has 0 spiro atoms. The van der Waals surface area contributed by atoms with E-state index >= 15 is 0 Å². The van der Waals surface area contributed by atoms with Gasteiger partial charge in [-0.15, -0.1) is 0 Å². The van der Waals surface area contributed by atoms with Gasteiger partial charge in [-0.2, -0.15) is 4.98 Å². The highest BCUT2D eigenvalue weighted by molar-refractivity contribution is 7.98. The highest BCUT2D eigenvalue weighted by Crippen LogP contribution is 2.26. The maximum absolute atomic E-state index is 5.94. The standard InChI is InChI=1S/C22H24N2OS/c1-15(2)19-8-10-20(11-9-19)25-21-13-17(4)23-22(24-21)26-14-18-7-5-6-16(3)12-18/h5-13,15H,14H2,1-4H3. The minimum absolute atomic E-state index is 0.509. The normalized spacial score (nSPS) is 11.0. The Kier molecular flexibility index (Phi) is 5.94. The summed E-state index contributed by atoms with van der Waals surface area (Å²) in [6.45, 7) is 8.43. The molecule has 4 heteroatoms. The molecule has 1 heterocycles. The fourth-order valence-corrected chi connectivity index (χ4v) is 3.46. The van der Waals surface area contributed by atoms with E-state index in [1.807, 2.05) is 25.1 Å². The number of rotatable bonds is 6. The molecule has 3 rings (SSSR count). The first-order valence-corrected chi connectivity index (χ1v) is 9.80. The summed E-state index contributed by atoms with van der Waals surface area (Å²) >= 11 is 1.63. The Morgan fingerprint density at radius 3 is 2.42 bits per heavy atom. The zero-order valence-electron chi connectivity index (χ0n) is 15.7. The highest BCUT2D eigenvalue weighted by atomic mass is 32.2. The number of thioether (sulfide) groups is 1. The molecule has 0 bridgehead atoms. The molecule has 0 aliphatic carbocycles. The molecule has 3 aromatic rings. The molecule has 134 valence electrons. The van der Waals surface area contributed by atoms with E-state index < -0.39 is 0 Å². The molecule has 0 aliphatic heterocycles. The van der Waals surface area contributed by atoms with Crippen molar-refractivity contribution in [3.63, 3.8) is 0 Å². The summed E-state index contributed by atoms with van der Waals surface area (Å²) in [5.74, 6) is 2.73. The quantitative estimate of drug-likeness (QED) is 0.380. The number of aromatic nitrogens is 2. The van der Waals surface area contributed by atoms with Gasteiger partial charge in [0.15, 0.2) is 5.16 Å². The summed E-state index contributed by atoms with van der Waals surface area (Å²) in [6.07, 6.45) is 0. The predicted octanol–water partition coefficient (Wildman–Crippen LogP) is 6.30. The van der Waals surface area contributed by atoms with Crippen molar-refractivity contribution in [2.45, 2.75) is 44.5 Å². The molecule has 3 nitrogen and oxygen atoms in total. The molecule has 0 radical (unpaired) electrons. The third-order valence-electron chi connectivity index (χ3n) is 4.03. The van der Waals surface area contributed by atoms with Gasteiger partial charge in [-0.3, -0.25) is 0 Å². The summed E-state index contributed by atoms with van der Waals surface area (Å²) in [4.78, 5) is 9.08. The van der Waals surface area contributed by atoms with Gasteiger partial charge in [-0.1, -0.05) is 67.6 Å². The Balaban J connectivity index is 1.70. The number of hydrogen-bond donors (Lipinski definition) is 0. The zero-order valence-corrected chi connectivity index (χ0v) is 16.5. The van der Waals surface area contributed by atoms with E-state index in [-0.39, 0.29) is 0 Å². The van der Waals surface area contributed by atoms with Crippen molar-refractivity contribution in [2.75, 3.05) is 0 Å². The van der Waals surface area contributed by atoms with Crippen LogP contribution in [0.3, 0.4) is 0 Å². The van der Waals surface area contributed by atoms with Crippen LogP contribution in [0.5, 0.6) is 11.6 Å². The molecule has 1 aromatic heterocycles. The Bertz CT molecular complexity index is 876. The van der Waals surface area contributed by atoms with Crippen LogP contribution in [-0.4, -0.2) is 9.97 Å². The molecular formula is C22H24N2OS. The maximum Gasteiger partial charge on any atom is 0.223 e. The molecule has 0 amide bonds. The lowest BCUT2D eigenvalue weighted by molar-refractivity contribution is 0.454. The summed E-state index contributed by atoms with van der Waals surface area (Å²) in [5.41, 5.74) is 4.74. The number of ether oxygens (including phenoxy) is 1. The summed E-state index contributed by atoms with van der Waals surface area (Å²) in [6, 6.07) is 18.6. The van der Waals surface area contributed by atoms with Crippen LogP contribution in [0.15, 0.2) is 59.8 Å². The van der Waals surface area contributed by atoms with Gasteiger partial charge in [0.05, 0.1) is 0 Å². The summed E-state index contributed by atoms with van der Waals surface area (Å²) < 4.78 is 5.94. The third kappa shape index (κ3) is 5.09. The van der Waals surface area contributed by atoms with Crippen LogP contribution in [0.1, 0.15) is 42.1 Å². The zero-order chi connectivity index (χ0) is 18.5. The van der Waals surface area contributed by atoms with Crippen LogP contribution in [0.2, 0.25) is 0 Å². The molecular weight excluding hydrogens is 340 g/mol. The van der Waals surface area contributed by atoms with Gasteiger partial charge in [0.2, 0.25) is 5.88 Å². The Hall–Kier alpha value is -2.33. The van der Waals surface area contributed by atoms with Gasteiger partial charge in [0, 0.05) is 17.5 Å². The second kappa shape index (κ2) is 8.37. The van der Waals surface area contributed by atoms with Crippen molar-refractivity contribution < 1.29 is 4.74 Å². The fourth-order valence-electron chi connectivity index (χ4n) is 2.62. The molecule has 0 atom stereocenters. The van der Waals surface area contributed by atoms with Gasteiger partial charge in [-0.05, 0) is 43.0 Å². The second-order valence-corrected chi connectivity index (χ2v) is 7.68. The molecule has 2 aromatic carbocycles. The fraction of sp³-hybridized carbons (Fsp3) is 0.273. The van der Waals surface area contributed by atoms with Crippen LogP contribution < -0.4 is 4.74 Å². The monoisotopic (exact) mass is 364 g/mol. The Labute approximate surface area is 159 Å². The van der Waals surface area contributed by atoms with Gasteiger partial charge in [0.25, 0.3) is 0 Å². The molecule has 26 heavy (non-hydrogen) atoms. The number of nitrogens with zero attached hydrogens (tertiary/aromatic N) is 2. The first-order valence-electron chi connectivity index (χ1n) is 8.81. The van der Waals surface area contributed by atoms with E-state index in [4.69, 9.17) is 4.74 Å². The van der Waals surface area contributed by atoms with E-state index in [1.54, 1.807) is 11.8 Å². The van der Waals surface area contributed by atoms with E-state index in [0.29, 0.717) is 11.8 Å². The van der Waals surface area contributed by atoms with E-state index in [2.05, 4.69) is 67.1 Å². The lowest BCUT2D eigenvalue weighted by atomic mass is 10.0. The summed E-state index contributed by atoms with van der Waals surface area (Å²) in [7, 11) is 0. The smallest absolute Gasteiger partial charge is 0.223 e. The van der Waals surface area contributed by atoms with E-state index in [9.17, 15) is 0 Å². The van der Waals surface area contributed by atoms with Crippen molar-refractivity contribution in [1.29, 1.82) is 0 Å². The second-order valence-electron chi connectivity index (χ2n) is 6.73. The van der Waals surface area contributed by atoms with Crippen LogP contribution in [0, 0.1) is 13.8 Å². The largest absolute Gasteiger partial charge is 0.439 e. The van der Waals surface area contributed by atoms with Crippen molar-refractivity contribution >= 4 is 11.8 Å². The predicted molar refractivity (Wildman–Crippen MR) is 108 cm³/mol. The third-order valence-corrected chi connectivity index (χ3v) is 4.95. The molecule has 0 saturated heterocycles. The van der Waals surface area contributed by atoms with Crippen LogP contribution in [0.4, 0.5) is 0 Å². The van der Waals surface area contributed by atoms with Crippen LogP contribution >= 0.6 is 11.8 Å². The van der Waals surface area contributed by atoms with Crippen LogP contribution in [-0.2, 0) is 5.75 Å². The molecule has 0 aliphatic rings. The number of aryl methyl sites for hydroxylation is 2. The average molecular weight is 365 g/mol. The Morgan fingerprint density at radius 1 is 0.962 bits per heavy atom.